The standard InChI is InChI=1S/C15H13N5O4/c1-9-16-14-6-3-10(8-19(14)18-9)17-15(21)12-7-11(24-2)4-5-13(12)20(22)23/h3-8H,1-2H3,(H,17,21). The SMILES string of the molecule is COc1ccc([N+](=O)[O-])c(C(=O)Nc2ccc3nc(C)nn3c2)c1. The lowest BCUT2D eigenvalue weighted by molar-refractivity contribution is -0.385. The van der Waals surface area contributed by atoms with Gasteiger partial charge in [0.2, 0.25) is 0 Å². The molecule has 122 valence electrons. The van der Waals surface area contributed by atoms with Crippen LogP contribution in [0.2, 0.25) is 0 Å². The molecule has 1 N–H and O–H groups in total. The molecule has 0 radical (unpaired) electrons. The number of carbonyl (C=O) groups excluding carboxylic acids is 1. The maximum atomic E-state index is 12.4. The van der Waals surface area contributed by atoms with Gasteiger partial charge >= 0.3 is 0 Å². The van der Waals surface area contributed by atoms with Crippen LogP contribution in [-0.2, 0) is 0 Å². The Balaban J connectivity index is 1.94. The van der Waals surface area contributed by atoms with Gasteiger partial charge in [-0.25, -0.2) is 9.50 Å². The number of nitro benzene ring substituents is 1. The van der Waals surface area contributed by atoms with Gasteiger partial charge in [0.25, 0.3) is 11.6 Å². The van der Waals surface area contributed by atoms with E-state index in [9.17, 15) is 14.9 Å². The maximum absolute atomic E-state index is 12.4. The van der Waals surface area contributed by atoms with Crippen molar-refractivity contribution < 1.29 is 14.5 Å². The number of nitrogens with zero attached hydrogens (tertiary/aromatic N) is 4. The molecule has 2 aromatic heterocycles. The van der Waals surface area contributed by atoms with Crippen LogP contribution in [0.5, 0.6) is 5.75 Å². The van der Waals surface area contributed by atoms with Crippen LogP contribution in [0.1, 0.15) is 16.2 Å². The van der Waals surface area contributed by atoms with Gasteiger partial charge in [-0.3, -0.25) is 14.9 Å². The highest BCUT2D eigenvalue weighted by Gasteiger charge is 2.21. The molecule has 0 saturated heterocycles. The van der Waals surface area contributed by atoms with Gasteiger partial charge in [0, 0.05) is 6.07 Å². The zero-order chi connectivity index (χ0) is 17.3. The first kappa shape index (κ1) is 15.4. The van der Waals surface area contributed by atoms with Crippen LogP contribution in [0.25, 0.3) is 5.65 Å². The van der Waals surface area contributed by atoms with Crippen molar-refractivity contribution in [2.24, 2.45) is 0 Å². The Morgan fingerprint density at radius 1 is 1.33 bits per heavy atom. The summed E-state index contributed by atoms with van der Waals surface area (Å²) >= 11 is 0. The van der Waals surface area contributed by atoms with Gasteiger partial charge in [-0.15, -0.1) is 0 Å². The highest BCUT2D eigenvalue weighted by Crippen LogP contribution is 2.25. The number of nitrogens with one attached hydrogen (secondary N) is 1. The fraction of sp³-hybridized carbons (Fsp3) is 0.133. The van der Waals surface area contributed by atoms with E-state index in [4.69, 9.17) is 4.74 Å². The van der Waals surface area contributed by atoms with E-state index in [0.717, 1.165) is 0 Å². The predicted molar refractivity (Wildman–Crippen MR) is 85.3 cm³/mol. The molecule has 0 aliphatic carbocycles. The largest absolute Gasteiger partial charge is 0.497 e. The number of anilines is 1. The molecule has 0 bridgehead atoms. The van der Waals surface area contributed by atoms with Gasteiger partial charge in [0.1, 0.15) is 17.1 Å². The van der Waals surface area contributed by atoms with Crippen LogP contribution < -0.4 is 10.1 Å². The third-order valence-electron chi connectivity index (χ3n) is 3.34. The molecule has 3 aromatic rings. The fourth-order valence-corrected chi connectivity index (χ4v) is 2.25. The predicted octanol–water partition coefficient (Wildman–Crippen LogP) is 2.21. The summed E-state index contributed by atoms with van der Waals surface area (Å²) in [6.45, 7) is 1.75. The molecule has 0 aliphatic rings. The molecule has 24 heavy (non-hydrogen) atoms. The third kappa shape index (κ3) is 2.86. The van der Waals surface area contributed by atoms with Gasteiger partial charge in [-0.2, -0.15) is 5.10 Å². The Morgan fingerprint density at radius 2 is 2.12 bits per heavy atom. The van der Waals surface area contributed by atoms with E-state index in [2.05, 4.69) is 15.4 Å². The minimum Gasteiger partial charge on any atom is -0.497 e. The second kappa shape index (κ2) is 5.95. The number of hydrogen-bond donors (Lipinski definition) is 1. The summed E-state index contributed by atoms with van der Waals surface area (Å²) in [7, 11) is 1.42. The van der Waals surface area contributed by atoms with E-state index in [0.29, 0.717) is 22.9 Å². The highest BCUT2D eigenvalue weighted by molar-refractivity contribution is 6.07. The lowest BCUT2D eigenvalue weighted by atomic mass is 10.1. The summed E-state index contributed by atoms with van der Waals surface area (Å²) in [6.07, 6.45) is 1.58. The summed E-state index contributed by atoms with van der Waals surface area (Å²) in [4.78, 5) is 27.1. The molecule has 0 atom stereocenters. The van der Waals surface area contributed by atoms with Crippen LogP contribution in [0.15, 0.2) is 36.5 Å². The Labute approximate surface area is 136 Å². The van der Waals surface area contributed by atoms with Crippen molar-refractivity contribution in [3.05, 3.63) is 58.0 Å². The number of fused-ring (bicyclic) bond motifs is 1. The molecule has 1 amide bonds. The van der Waals surface area contributed by atoms with Crippen LogP contribution in [-0.4, -0.2) is 32.5 Å². The molecule has 0 saturated carbocycles. The number of carbonyl (C=O) groups is 1. The summed E-state index contributed by atoms with van der Waals surface area (Å²) in [5.41, 5.74) is 0.688. The average molecular weight is 327 g/mol. The van der Waals surface area contributed by atoms with Crippen LogP contribution in [0.4, 0.5) is 11.4 Å². The van der Waals surface area contributed by atoms with Crippen molar-refractivity contribution in [2.45, 2.75) is 6.92 Å². The number of pyridine rings is 1. The number of methoxy groups -OCH3 is 1. The van der Waals surface area contributed by atoms with Crippen LogP contribution in [0, 0.1) is 17.0 Å². The van der Waals surface area contributed by atoms with Crippen LogP contribution >= 0.6 is 0 Å². The van der Waals surface area contributed by atoms with E-state index < -0.39 is 10.8 Å². The zero-order valence-electron chi connectivity index (χ0n) is 12.9. The van der Waals surface area contributed by atoms with Crippen molar-refractivity contribution in [1.82, 2.24) is 14.6 Å². The smallest absolute Gasteiger partial charge is 0.282 e. The number of benzene rings is 1. The van der Waals surface area contributed by atoms with Crippen LogP contribution in [0.3, 0.4) is 0 Å². The minimum atomic E-state index is -0.614. The molecule has 0 unspecified atom stereocenters. The van der Waals surface area contributed by atoms with E-state index in [1.54, 1.807) is 25.3 Å². The van der Waals surface area contributed by atoms with Crippen molar-refractivity contribution in [3.63, 3.8) is 0 Å². The number of aryl methyl sites for hydroxylation is 1. The molecule has 0 spiro atoms. The Morgan fingerprint density at radius 3 is 2.83 bits per heavy atom. The van der Waals surface area contributed by atoms with Gasteiger partial charge in [0.15, 0.2) is 5.65 Å². The second-order valence-electron chi connectivity index (χ2n) is 4.97. The zero-order valence-corrected chi connectivity index (χ0v) is 12.9. The Kier molecular flexibility index (Phi) is 3.82. The van der Waals surface area contributed by atoms with Crippen molar-refractivity contribution in [1.29, 1.82) is 0 Å². The lowest BCUT2D eigenvalue weighted by Crippen LogP contribution is -2.14. The first-order chi connectivity index (χ1) is 11.5. The summed E-state index contributed by atoms with van der Waals surface area (Å²) in [6, 6.07) is 7.32. The topological polar surface area (TPSA) is 112 Å². The molecule has 2 heterocycles. The van der Waals surface area contributed by atoms with Crippen molar-refractivity contribution in [2.75, 3.05) is 12.4 Å². The summed E-state index contributed by atoms with van der Waals surface area (Å²) < 4.78 is 6.54. The first-order valence-corrected chi connectivity index (χ1v) is 6.95. The van der Waals surface area contributed by atoms with Crippen molar-refractivity contribution >= 4 is 22.9 Å². The van der Waals surface area contributed by atoms with Gasteiger partial charge in [-0.1, -0.05) is 0 Å². The number of nitro groups is 1. The number of hydrogen-bond acceptors (Lipinski definition) is 6. The van der Waals surface area contributed by atoms with Gasteiger partial charge < -0.3 is 10.1 Å². The molecule has 0 fully saturated rings. The van der Waals surface area contributed by atoms with E-state index in [-0.39, 0.29) is 11.3 Å². The summed E-state index contributed by atoms with van der Waals surface area (Å²) in [5, 5.41) is 17.9. The van der Waals surface area contributed by atoms with Gasteiger partial charge in [-0.05, 0) is 31.2 Å². The second-order valence-corrected chi connectivity index (χ2v) is 4.97. The normalized spacial score (nSPS) is 10.6. The summed E-state index contributed by atoms with van der Waals surface area (Å²) in [5.74, 6) is 0.340. The minimum absolute atomic E-state index is 0.0887. The molecule has 9 heteroatoms. The Hall–Kier alpha value is -3.49. The Bertz CT molecular complexity index is 950. The van der Waals surface area contributed by atoms with Gasteiger partial charge in [0.05, 0.1) is 23.9 Å². The molecule has 1 aromatic carbocycles. The quantitative estimate of drug-likeness (QED) is 0.581. The maximum Gasteiger partial charge on any atom is 0.282 e. The molecule has 3 rings (SSSR count). The lowest BCUT2D eigenvalue weighted by Gasteiger charge is -2.07. The molecule has 9 nitrogen and oxygen atoms in total. The molecular weight excluding hydrogens is 314 g/mol. The number of aromatic nitrogens is 3. The number of ether oxygens (including phenoxy) is 1. The fourth-order valence-electron chi connectivity index (χ4n) is 2.25. The number of rotatable bonds is 4. The third-order valence-corrected chi connectivity index (χ3v) is 3.34. The number of amides is 1. The highest BCUT2D eigenvalue weighted by atomic mass is 16.6. The average Bonchev–Trinajstić information content (AvgIpc) is 2.93. The molecular formula is C15H13N5O4. The molecule has 0 aliphatic heterocycles. The van der Waals surface area contributed by atoms with E-state index in [1.807, 2.05) is 0 Å². The van der Waals surface area contributed by atoms with E-state index >= 15 is 0 Å². The van der Waals surface area contributed by atoms with Crippen molar-refractivity contribution in [3.8, 4) is 5.75 Å². The first-order valence-electron chi connectivity index (χ1n) is 6.95. The monoisotopic (exact) mass is 327 g/mol. The van der Waals surface area contributed by atoms with E-state index in [1.165, 1.54) is 29.8 Å².